The first-order chi connectivity index (χ1) is 7.13. The van der Waals surface area contributed by atoms with Crippen LogP contribution in [0.25, 0.3) is 0 Å². The highest BCUT2D eigenvalue weighted by atomic mass is 79.9. The van der Waals surface area contributed by atoms with E-state index in [4.69, 9.17) is 5.26 Å². The van der Waals surface area contributed by atoms with Crippen LogP contribution in [0.3, 0.4) is 0 Å². The van der Waals surface area contributed by atoms with E-state index >= 15 is 0 Å². The lowest BCUT2D eigenvalue weighted by molar-refractivity contribution is 0.306. The molecular weight excluding hydrogens is 252 g/mol. The van der Waals surface area contributed by atoms with E-state index in [1.165, 1.54) is 19.3 Å². The second-order valence-corrected chi connectivity index (χ2v) is 5.26. The maximum Gasteiger partial charge on any atom is 0.101 e. The van der Waals surface area contributed by atoms with Gasteiger partial charge < -0.3 is 5.32 Å². The molecule has 1 N–H and O–H groups in total. The summed E-state index contributed by atoms with van der Waals surface area (Å²) in [4.78, 5) is 0. The molecule has 0 heterocycles. The highest BCUT2D eigenvalue weighted by Gasteiger charge is 2.31. The molecule has 1 aromatic rings. The second-order valence-electron chi connectivity index (χ2n) is 4.34. The zero-order valence-corrected chi connectivity index (χ0v) is 10.3. The molecule has 0 saturated heterocycles. The molecule has 2 nitrogen and oxygen atoms in total. The van der Waals surface area contributed by atoms with Crippen molar-refractivity contribution in [2.24, 2.45) is 0 Å². The highest BCUT2D eigenvalue weighted by Crippen LogP contribution is 2.35. The third-order valence-electron chi connectivity index (χ3n) is 3.00. The van der Waals surface area contributed by atoms with Crippen molar-refractivity contribution in [2.75, 3.05) is 5.32 Å². The molecule has 78 valence electrons. The molecule has 1 saturated carbocycles. The van der Waals surface area contributed by atoms with Crippen molar-refractivity contribution in [3.63, 3.8) is 0 Å². The topological polar surface area (TPSA) is 35.8 Å². The van der Waals surface area contributed by atoms with Crippen LogP contribution in [0, 0.1) is 11.3 Å². The number of anilines is 1. The normalized spacial score (nSPS) is 17.7. The molecule has 3 heteroatoms. The number of hydrogen-bond acceptors (Lipinski definition) is 2. The van der Waals surface area contributed by atoms with Crippen LogP contribution in [0.2, 0.25) is 0 Å². The summed E-state index contributed by atoms with van der Waals surface area (Å²) in [5, 5.41) is 12.5. The molecule has 0 amide bonds. The van der Waals surface area contributed by atoms with E-state index in [2.05, 4.69) is 34.2 Å². The zero-order valence-electron chi connectivity index (χ0n) is 8.68. The fraction of sp³-hybridized carbons (Fsp3) is 0.417. The molecule has 0 aliphatic heterocycles. The predicted molar refractivity (Wildman–Crippen MR) is 64.7 cm³/mol. The largest absolute Gasteiger partial charge is 0.379 e. The SMILES string of the molecule is CC1(Nc2ccc(Br)cc2C#N)CCC1. The summed E-state index contributed by atoms with van der Waals surface area (Å²) in [5.41, 5.74) is 1.85. The van der Waals surface area contributed by atoms with Gasteiger partial charge in [0.05, 0.1) is 11.3 Å². The highest BCUT2D eigenvalue weighted by molar-refractivity contribution is 9.10. The van der Waals surface area contributed by atoms with Crippen LogP contribution in [0.1, 0.15) is 31.7 Å². The zero-order chi connectivity index (χ0) is 10.9. The van der Waals surface area contributed by atoms with Gasteiger partial charge in [-0.3, -0.25) is 0 Å². The Morgan fingerprint density at radius 3 is 2.73 bits per heavy atom. The molecule has 1 fully saturated rings. The van der Waals surface area contributed by atoms with Crippen LogP contribution in [-0.2, 0) is 0 Å². The molecule has 1 aliphatic carbocycles. The number of nitrogens with one attached hydrogen (secondary N) is 1. The van der Waals surface area contributed by atoms with Gasteiger partial charge >= 0.3 is 0 Å². The number of nitrogens with zero attached hydrogens (tertiary/aromatic N) is 1. The van der Waals surface area contributed by atoms with Crippen LogP contribution < -0.4 is 5.32 Å². The van der Waals surface area contributed by atoms with Gasteiger partial charge in [-0.15, -0.1) is 0 Å². The quantitative estimate of drug-likeness (QED) is 0.885. The molecule has 0 unspecified atom stereocenters. The van der Waals surface area contributed by atoms with Crippen molar-refractivity contribution in [2.45, 2.75) is 31.7 Å². The Hall–Kier alpha value is -1.01. The number of nitriles is 1. The Labute approximate surface area is 98.4 Å². The van der Waals surface area contributed by atoms with Gasteiger partial charge in [0.1, 0.15) is 6.07 Å². The first kappa shape index (κ1) is 10.5. The monoisotopic (exact) mass is 264 g/mol. The van der Waals surface area contributed by atoms with Crippen molar-refractivity contribution < 1.29 is 0 Å². The van der Waals surface area contributed by atoms with Gasteiger partial charge in [0.2, 0.25) is 0 Å². The fourth-order valence-electron chi connectivity index (χ4n) is 1.88. The molecule has 1 aliphatic rings. The van der Waals surface area contributed by atoms with Gasteiger partial charge in [-0.2, -0.15) is 5.26 Å². The number of rotatable bonds is 2. The molecule has 15 heavy (non-hydrogen) atoms. The van der Waals surface area contributed by atoms with Crippen LogP contribution >= 0.6 is 15.9 Å². The van der Waals surface area contributed by atoms with Crippen LogP contribution in [0.5, 0.6) is 0 Å². The molecule has 2 rings (SSSR count). The average molecular weight is 265 g/mol. The Morgan fingerprint density at radius 1 is 1.47 bits per heavy atom. The first-order valence-corrected chi connectivity index (χ1v) is 5.90. The number of benzene rings is 1. The van der Waals surface area contributed by atoms with Gasteiger partial charge in [0, 0.05) is 10.0 Å². The molecule has 0 spiro atoms. The maximum atomic E-state index is 9.02. The smallest absolute Gasteiger partial charge is 0.101 e. The molecule has 1 aromatic carbocycles. The number of halogens is 1. The molecule has 0 atom stereocenters. The predicted octanol–water partition coefficient (Wildman–Crippen LogP) is 3.68. The maximum absolute atomic E-state index is 9.02. The minimum atomic E-state index is 0.194. The average Bonchev–Trinajstić information content (AvgIpc) is 2.18. The Balaban J connectivity index is 2.25. The third-order valence-corrected chi connectivity index (χ3v) is 3.49. The van der Waals surface area contributed by atoms with Gasteiger partial charge in [-0.1, -0.05) is 15.9 Å². The van der Waals surface area contributed by atoms with Crippen LogP contribution in [0.15, 0.2) is 22.7 Å². The summed E-state index contributed by atoms with van der Waals surface area (Å²) in [6.07, 6.45) is 3.66. The summed E-state index contributed by atoms with van der Waals surface area (Å²) >= 11 is 3.37. The van der Waals surface area contributed by atoms with Crippen molar-refractivity contribution in [3.05, 3.63) is 28.2 Å². The van der Waals surface area contributed by atoms with Crippen molar-refractivity contribution in [3.8, 4) is 6.07 Å². The molecular formula is C12H13BrN2. The lowest BCUT2D eigenvalue weighted by Gasteiger charge is -2.40. The summed E-state index contributed by atoms with van der Waals surface area (Å²) < 4.78 is 0.948. The van der Waals surface area contributed by atoms with E-state index in [1.807, 2.05) is 18.2 Å². The van der Waals surface area contributed by atoms with E-state index in [1.54, 1.807) is 0 Å². The second kappa shape index (κ2) is 3.86. The Morgan fingerprint density at radius 2 is 2.20 bits per heavy atom. The van der Waals surface area contributed by atoms with E-state index in [0.29, 0.717) is 5.56 Å². The fourth-order valence-corrected chi connectivity index (χ4v) is 2.24. The van der Waals surface area contributed by atoms with Gasteiger partial charge in [-0.25, -0.2) is 0 Å². The van der Waals surface area contributed by atoms with Crippen molar-refractivity contribution in [1.82, 2.24) is 0 Å². The van der Waals surface area contributed by atoms with Crippen molar-refractivity contribution >= 4 is 21.6 Å². The molecule has 0 aromatic heterocycles. The lowest BCUT2D eigenvalue weighted by Crippen LogP contribution is -2.41. The third kappa shape index (κ3) is 2.15. The van der Waals surface area contributed by atoms with E-state index in [-0.39, 0.29) is 5.54 Å². The van der Waals surface area contributed by atoms with E-state index in [0.717, 1.165) is 10.2 Å². The van der Waals surface area contributed by atoms with Gasteiger partial charge in [0.25, 0.3) is 0 Å². The molecule has 0 radical (unpaired) electrons. The lowest BCUT2D eigenvalue weighted by atomic mass is 9.78. The van der Waals surface area contributed by atoms with Gasteiger partial charge in [0.15, 0.2) is 0 Å². The first-order valence-electron chi connectivity index (χ1n) is 5.11. The summed E-state index contributed by atoms with van der Waals surface area (Å²) in [5.74, 6) is 0. The standard InChI is InChI=1S/C12H13BrN2/c1-12(5-2-6-12)15-11-4-3-10(13)7-9(11)8-14/h3-4,7,15H,2,5-6H2,1H3. The number of hydrogen-bond donors (Lipinski definition) is 1. The Kier molecular flexibility index (Phi) is 2.70. The van der Waals surface area contributed by atoms with E-state index in [9.17, 15) is 0 Å². The van der Waals surface area contributed by atoms with Crippen molar-refractivity contribution in [1.29, 1.82) is 5.26 Å². The Bertz CT molecular complexity index is 416. The van der Waals surface area contributed by atoms with Crippen LogP contribution in [0.4, 0.5) is 5.69 Å². The molecule has 0 bridgehead atoms. The van der Waals surface area contributed by atoms with E-state index < -0.39 is 0 Å². The summed E-state index contributed by atoms with van der Waals surface area (Å²) in [6.45, 7) is 2.21. The van der Waals surface area contributed by atoms with Gasteiger partial charge in [-0.05, 0) is 44.4 Å². The summed E-state index contributed by atoms with van der Waals surface area (Å²) in [6, 6.07) is 7.99. The van der Waals surface area contributed by atoms with Crippen LogP contribution in [-0.4, -0.2) is 5.54 Å². The summed E-state index contributed by atoms with van der Waals surface area (Å²) in [7, 11) is 0. The minimum absolute atomic E-state index is 0.194. The minimum Gasteiger partial charge on any atom is -0.379 e.